The molecule has 0 aliphatic heterocycles. The van der Waals surface area contributed by atoms with E-state index in [4.69, 9.17) is 16.7 Å². The first-order valence-corrected chi connectivity index (χ1v) is 6.31. The van der Waals surface area contributed by atoms with Crippen LogP contribution in [0.5, 0.6) is 0 Å². The molecule has 0 heterocycles. The monoisotopic (exact) mass is 273 g/mol. The van der Waals surface area contributed by atoms with Crippen molar-refractivity contribution in [1.29, 1.82) is 0 Å². The van der Waals surface area contributed by atoms with E-state index in [9.17, 15) is 9.18 Å². The number of nitrogens with one attached hydrogen (secondary N) is 1. The van der Waals surface area contributed by atoms with Crippen LogP contribution < -0.4 is 5.32 Å². The summed E-state index contributed by atoms with van der Waals surface area (Å²) in [6.07, 6.45) is 1.49. The second kappa shape index (κ2) is 7.34. The summed E-state index contributed by atoms with van der Waals surface area (Å²) >= 11 is 5.72. The summed E-state index contributed by atoms with van der Waals surface area (Å²) in [6.45, 7) is 2.53. The number of rotatable bonds is 6. The van der Waals surface area contributed by atoms with Crippen LogP contribution in [0.3, 0.4) is 0 Å². The standard InChI is InChI=1S/C13H17ClFNO2/c1-2-9(6-7-17)8-16-13(18)10-4-3-5-11(15)12(10)14/h3-5,9,17H,2,6-8H2,1H3,(H,16,18). The predicted molar refractivity (Wildman–Crippen MR) is 69.2 cm³/mol. The maximum atomic E-state index is 13.2. The molecule has 0 aliphatic rings. The highest BCUT2D eigenvalue weighted by Crippen LogP contribution is 2.19. The molecule has 3 nitrogen and oxygen atoms in total. The number of hydrogen-bond acceptors (Lipinski definition) is 2. The molecule has 0 aromatic heterocycles. The van der Waals surface area contributed by atoms with Crippen LogP contribution in [-0.4, -0.2) is 24.2 Å². The van der Waals surface area contributed by atoms with E-state index in [1.165, 1.54) is 18.2 Å². The molecule has 18 heavy (non-hydrogen) atoms. The molecule has 0 saturated heterocycles. The largest absolute Gasteiger partial charge is 0.396 e. The molecule has 0 spiro atoms. The van der Waals surface area contributed by atoms with Crippen molar-refractivity contribution < 1.29 is 14.3 Å². The van der Waals surface area contributed by atoms with E-state index in [1.807, 2.05) is 6.92 Å². The van der Waals surface area contributed by atoms with Crippen molar-refractivity contribution in [1.82, 2.24) is 5.32 Å². The Bertz CT molecular complexity index is 412. The average Bonchev–Trinajstić information content (AvgIpc) is 2.37. The lowest BCUT2D eigenvalue weighted by Crippen LogP contribution is -2.29. The van der Waals surface area contributed by atoms with Gasteiger partial charge in [-0.05, 0) is 24.5 Å². The van der Waals surface area contributed by atoms with Crippen LogP contribution in [0.2, 0.25) is 5.02 Å². The van der Waals surface area contributed by atoms with E-state index in [2.05, 4.69) is 5.32 Å². The third-order valence-electron chi connectivity index (χ3n) is 2.86. The van der Waals surface area contributed by atoms with Gasteiger partial charge in [-0.25, -0.2) is 4.39 Å². The van der Waals surface area contributed by atoms with Crippen molar-refractivity contribution in [3.8, 4) is 0 Å². The zero-order valence-corrected chi connectivity index (χ0v) is 11.0. The summed E-state index contributed by atoms with van der Waals surface area (Å²) in [7, 11) is 0. The zero-order chi connectivity index (χ0) is 13.5. The number of amides is 1. The molecule has 100 valence electrons. The molecule has 1 rings (SSSR count). The molecule has 1 atom stereocenters. The number of carbonyl (C=O) groups is 1. The van der Waals surface area contributed by atoms with Gasteiger partial charge in [-0.3, -0.25) is 4.79 Å². The Morgan fingerprint density at radius 1 is 1.56 bits per heavy atom. The highest BCUT2D eigenvalue weighted by Gasteiger charge is 2.14. The Kier molecular flexibility index (Phi) is 6.09. The molecule has 0 bridgehead atoms. The normalized spacial score (nSPS) is 12.2. The van der Waals surface area contributed by atoms with Crippen molar-refractivity contribution in [3.63, 3.8) is 0 Å². The van der Waals surface area contributed by atoms with Crippen LogP contribution in [0.15, 0.2) is 18.2 Å². The van der Waals surface area contributed by atoms with E-state index >= 15 is 0 Å². The van der Waals surface area contributed by atoms with E-state index in [0.717, 1.165) is 6.42 Å². The van der Waals surface area contributed by atoms with Gasteiger partial charge in [-0.2, -0.15) is 0 Å². The summed E-state index contributed by atoms with van der Waals surface area (Å²) in [5.74, 6) is -0.783. The molecular formula is C13H17ClFNO2. The van der Waals surface area contributed by atoms with E-state index in [1.54, 1.807) is 0 Å². The van der Waals surface area contributed by atoms with Gasteiger partial charge in [-0.15, -0.1) is 0 Å². The Hall–Kier alpha value is -1.13. The third-order valence-corrected chi connectivity index (χ3v) is 3.25. The molecule has 5 heteroatoms. The van der Waals surface area contributed by atoms with Gasteiger partial charge in [-0.1, -0.05) is 31.0 Å². The van der Waals surface area contributed by atoms with Crippen LogP contribution in [0.25, 0.3) is 0 Å². The fraction of sp³-hybridized carbons (Fsp3) is 0.462. The Balaban J connectivity index is 2.62. The molecule has 0 aliphatic carbocycles. The fourth-order valence-corrected chi connectivity index (χ4v) is 1.86. The van der Waals surface area contributed by atoms with Crippen molar-refractivity contribution in [2.45, 2.75) is 19.8 Å². The molecule has 0 fully saturated rings. The van der Waals surface area contributed by atoms with E-state index in [0.29, 0.717) is 13.0 Å². The van der Waals surface area contributed by atoms with Crippen LogP contribution in [0.1, 0.15) is 30.1 Å². The number of benzene rings is 1. The zero-order valence-electron chi connectivity index (χ0n) is 10.2. The predicted octanol–water partition coefficient (Wildman–Crippen LogP) is 2.62. The highest BCUT2D eigenvalue weighted by molar-refractivity contribution is 6.34. The molecule has 1 unspecified atom stereocenters. The molecule has 2 N–H and O–H groups in total. The molecule has 0 radical (unpaired) electrons. The minimum absolute atomic E-state index is 0.0924. The van der Waals surface area contributed by atoms with Crippen LogP contribution in [0.4, 0.5) is 4.39 Å². The third kappa shape index (κ3) is 3.96. The van der Waals surface area contributed by atoms with Gasteiger partial charge in [0.2, 0.25) is 0 Å². The van der Waals surface area contributed by atoms with Crippen molar-refractivity contribution >= 4 is 17.5 Å². The smallest absolute Gasteiger partial charge is 0.252 e. The molecule has 0 saturated carbocycles. The van der Waals surface area contributed by atoms with Gasteiger partial charge < -0.3 is 10.4 Å². The Labute approximate surface area is 111 Å². The first-order valence-electron chi connectivity index (χ1n) is 5.93. The lowest BCUT2D eigenvalue weighted by Gasteiger charge is -2.14. The van der Waals surface area contributed by atoms with Gasteiger partial charge in [0.1, 0.15) is 5.82 Å². The lowest BCUT2D eigenvalue weighted by atomic mass is 10.0. The van der Waals surface area contributed by atoms with E-state index in [-0.39, 0.29) is 23.1 Å². The number of halogens is 2. The SMILES string of the molecule is CCC(CCO)CNC(=O)c1cccc(F)c1Cl. The molecule has 1 aromatic rings. The fourth-order valence-electron chi connectivity index (χ4n) is 1.64. The second-order valence-electron chi connectivity index (χ2n) is 4.10. The summed E-state index contributed by atoms with van der Waals surface area (Å²) in [5.41, 5.74) is 0.135. The molecule has 1 aromatic carbocycles. The van der Waals surface area contributed by atoms with Crippen molar-refractivity contribution in [2.24, 2.45) is 5.92 Å². The van der Waals surface area contributed by atoms with Gasteiger partial charge in [0.15, 0.2) is 0 Å². The maximum absolute atomic E-state index is 13.2. The Morgan fingerprint density at radius 2 is 2.28 bits per heavy atom. The summed E-state index contributed by atoms with van der Waals surface area (Å²) in [6, 6.07) is 4.13. The summed E-state index contributed by atoms with van der Waals surface area (Å²) < 4.78 is 13.2. The lowest BCUT2D eigenvalue weighted by molar-refractivity contribution is 0.0943. The average molecular weight is 274 g/mol. The number of carbonyl (C=O) groups excluding carboxylic acids is 1. The van der Waals surface area contributed by atoms with Crippen LogP contribution in [0, 0.1) is 11.7 Å². The van der Waals surface area contributed by atoms with Crippen LogP contribution >= 0.6 is 11.6 Å². The number of aliphatic hydroxyl groups excluding tert-OH is 1. The molecular weight excluding hydrogens is 257 g/mol. The number of aliphatic hydroxyl groups is 1. The van der Waals surface area contributed by atoms with Crippen molar-refractivity contribution in [3.05, 3.63) is 34.6 Å². The summed E-state index contributed by atoms with van der Waals surface area (Å²) in [5, 5.41) is 11.4. The first-order chi connectivity index (χ1) is 8.60. The second-order valence-corrected chi connectivity index (χ2v) is 4.48. The number of hydrogen-bond donors (Lipinski definition) is 2. The minimum Gasteiger partial charge on any atom is -0.396 e. The summed E-state index contributed by atoms with van der Waals surface area (Å²) in [4.78, 5) is 11.8. The Morgan fingerprint density at radius 3 is 2.89 bits per heavy atom. The van der Waals surface area contributed by atoms with Gasteiger partial charge in [0.25, 0.3) is 5.91 Å². The van der Waals surface area contributed by atoms with Crippen LogP contribution in [-0.2, 0) is 0 Å². The van der Waals surface area contributed by atoms with Gasteiger partial charge in [0, 0.05) is 13.2 Å². The van der Waals surface area contributed by atoms with Gasteiger partial charge >= 0.3 is 0 Å². The quantitative estimate of drug-likeness (QED) is 0.837. The molecule has 1 amide bonds. The van der Waals surface area contributed by atoms with E-state index < -0.39 is 11.7 Å². The van der Waals surface area contributed by atoms with Gasteiger partial charge in [0.05, 0.1) is 10.6 Å². The highest BCUT2D eigenvalue weighted by atomic mass is 35.5. The van der Waals surface area contributed by atoms with Crippen molar-refractivity contribution in [2.75, 3.05) is 13.2 Å². The maximum Gasteiger partial charge on any atom is 0.252 e. The topological polar surface area (TPSA) is 49.3 Å². The minimum atomic E-state index is -0.605. The first kappa shape index (κ1) is 14.9.